The van der Waals surface area contributed by atoms with Crippen LogP contribution in [0.5, 0.6) is 0 Å². The third kappa shape index (κ3) is 5.26. The van der Waals surface area contributed by atoms with E-state index in [9.17, 15) is 9.59 Å². The summed E-state index contributed by atoms with van der Waals surface area (Å²) in [5.41, 5.74) is 3.07. The zero-order chi connectivity index (χ0) is 21.6. The van der Waals surface area contributed by atoms with E-state index >= 15 is 0 Å². The van der Waals surface area contributed by atoms with Crippen molar-refractivity contribution in [2.75, 3.05) is 10.2 Å². The predicted molar refractivity (Wildman–Crippen MR) is 121 cm³/mol. The fraction of sp³-hybridized carbons (Fsp3) is 0.125. The number of rotatable bonds is 7. The maximum Gasteiger partial charge on any atom is 0.257 e. The van der Waals surface area contributed by atoms with Crippen molar-refractivity contribution in [3.63, 3.8) is 0 Å². The quantitative estimate of drug-likeness (QED) is 0.443. The topological polar surface area (TPSA) is 75.4 Å². The summed E-state index contributed by atoms with van der Waals surface area (Å²) >= 11 is 1.30. The molecule has 0 atom stereocenters. The van der Waals surface area contributed by atoms with Crippen LogP contribution < -0.4 is 10.2 Å². The standard InChI is InChI=1S/C24H21N3O3S/c1-17-9-11-20(12-10-17)27(15-21-8-5-13-30-21)22(28)14-19-16-31-24(25-19)26-23(29)18-6-3-2-4-7-18/h2-13,16H,14-15H2,1H3,(H,25,26,29). The highest BCUT2D eigenvalue weighted by atomic mass is 32.1. The Morgan fingerprint density at radius 1 is 1.03 bits per heavy atom. The second-order valence-corrected chi connectivity index (χ2v) is 7.89. The average molecular weight is 432 g/mol. The average Bonchev–Trinajstić information content (AvgIpc) is 3.45. The van der Waals surface area contributed by atoms with Gasteiger partial charge in [0.05, 0.1) is 24.9 Å². The molecule has 0 aliphatic carbocycles. The molecule has 2 heterocycles. The number of benzene rings is 2. The number of aromatic nitrogens is 1. The first-order valence-electron chi connectivity index (χ1n) is 9.79. The highest BCUT2D eigenvalue weighted by Crippen LogP contribution is 2.22. The Morgan fingerprint density at radius 3 is 2.52 bits per heavy atom. The van der Waals surface area contributed by atoms with Crippen LogP contribution in [-0.4, -0.2) is 16.8 Å². The maximum absolute atomic E-state index is 13.1. The Hall–Kier alpha value is -3.71. The van der Waals surface area contributed by atoms with Crippen LogP contribution in [0.1, 0.15) is 27.4 Å². The summed E-state index contributed by atoms with van der Waals surface area (Å²) in [5, 5.41) is 5.04. The summed E-state index contributed by atoms with van der Waals surface area (Å²) in [6.07, 6.45) is 1.71. The maximum atomic E-state index is 13.1. The molecule has 0 spiro atoms. The number of amides is 2. The lowest BCUT2D eigenvalue weighted by Gasteiger charge is -2.22. The van der Waals surface area contributed by atoms with E-state index in [0.29, 0.717) is 28.7 Å². The van der Waals surface area contributed by atoms with Gasteiger partial charge in [-0.2, -0.15) is 0 Å². The lowest BCUT2D eigenvalue weighted by atomic mass is 10.2. The molecule has 2 aromatic carbocycles. The highest BCUT2D eigenvalue weighted by molar-refractivity contribution is 7.14. The molecule has 7 heteroatoms. The van der Waals surface area contributed by atoms with E-state index in [0.717, 1.165) is 11.3 Å². The van der Waals surface area contributed by atoms with Crippen molar-refractivity contribution in [2.24, 2.45) is 0 Å². The van der Waals surface area contributed by atoms with Gasteiger partial charge in [-0.05, 0) is 43.3 Å². The van der Waals surface area contributed by atoms with E-state index in [2.05, 4.69) is 10.3 Å². The normalized spacial score (nSPS) is 10.6. The minimum absolute atomic E-state index is 0.105. The minimum atomic E-state index is -0.230. The summed E-state index contributed by atoms with van der Waals surface area (Å²) in [6, 6.07) is 20.4. The zero-order valence-corrected chi connectivity index (χ0v) is 17.8. The Kier molecular flexibility index (Phi) is 6.24. The summed E-state index contributed by atoms with van der Waals surface area (Å²) in [5.74, 6) is 0.362. The second kappa shape index (κ2) is 9.40. The highest BCUT2D eigenvalue weighted by Gasteiger charge is 2.19. The van der Waals surface area contributed by atoms with Crippen LogP contribution >= 0.6 is 11.3 Å². The van der Waals surface area contributed by atoms with E-state index in [-0.39, 0.29) is 18.2 Å². The van der Waals surface area contributed by atoms with Gasteiger partial charge in [0.2, 0.25) is 5.91 Å². The van der Waals surface area contributed by atoms with Crippen molar-refractivity contribution in [1.82, 2.24) is 4.98 Å². The smallest absolute Gasteiger partial charge is 0.257 e. The lowest BCUT2D eigenvalue weighted by Crippen LogP contribution is -2.31. The van der Waals surface area contributed by atoms with Gasteiger partial charge in [0.1, 0.15) is 5.76 Å². The molecule has 6 nitrogen and oxygen atoms in total. The molecule has 1 N–H and O–H groups in total. The summed E-state index contributed by atoms with van der Waals surface area (Å²) in [6.45, 7) is 2.33. The number of thiazole rings is 1. The van der Waals surface area contributed by atoms with Crippen LogP contribution in [0.25, 0.3) is 0 Å². The fourth-order valence-electron chi connectivity index (χ4n) is 3.06. The first-order valence-corrected chi connectivity index (χ1v) is 10.7. The predicted octanol–water partition coefficient (Wildman–Crippen LogP) is 5.07. The van der Waals surface area contributed by atoms with Gasteiger partial charge in [0.25, 0.3) is 5.91 Å². The van der Waals surface area contributed by atoms with Crippen LogP contribution in [0.2, 0.25) is 0 Å². The van der Waals surface area contributed by atoms with Crippen LogP contribution in [0.3, 0.4) is 0 Å². The van der Waals surface area contributed by atoms with E-state index in [1.807, 2.05) is 43.3 Å². The van der Waals surface area contributed by atoms with Gasteiger partial charge in [-0.1, -0.05) is 35.9 Å². The van der Waals surface area contributed by atoms with Gasteiger partial charge in [0.15, 0.2) is 5.13 Å². The van der Waals surface area contributed by atoms with Gasteiger partial charge >= 0.3 is 0 Å². The Morgan fingerprint density at radius 2 is 1.81 bits per heavy atom. The van der Waals surface area contributed by atoms with Gasteiger partial charge in [-0.25, -0.2) is 4.98 Å². The van der Waals surface area contributed by atoms with E-state index in [1.54, 1.807) is 46.9 Å². The molecule has 31 heavy (non-hydrogen) atoms. The molecule has 0 saturated carbocycles. The number of carbonyl (C=O) groups excluding carboxylic acids is 2. The van der Waals surface area contributed by atoms with Crippen molar-refractivity contribution in [1.29, 1.82) is 0 Å². The first kappa shape index (κ1) is 20.6. The van der Waals surface area contributed by atoms with Crippen LogP contribution in [0.15, 0.2) is 82.8 Å². The molecular weight excluding hydrogens is 410 g/mol. The molecule has 2 aromatic heterocycles. The van der Waals surface area contributed by atoms with E-state index in [4.69, 9.17) is 4.42 Å². The molecule has 156 valence electrons. The van der Waals surface area contributed by atoms with Crippen molar-refractivity contribution in [3.05, 3.63) is 101 Å². The van der Waals surface area contributed by atoms with Gasteiger partial charge in [-0.15, -0.1) is 11.3 Å². The van der Waals surface area contributed by atoms with Crippen molar-refractivity contribution in [2.45, 2.75) is 19.9 Å². The molecule has 0 aliphatic heterocycles. The van der Waals surface area contributed by atoms with Gasteiger partial charge in [-0.3, -0.25) is 14.9 Å². The van der Waals surface area contributed by atoms with Crippen LogP contribution in [0, 0.1) is 6.92 Å². The molecule has 0 bridgehead atoms. The number of hydrogen-bond donors (Lipinski definition) is 1. The van der Waals surface area contributed by atoms with E-state index < -0.39 is 0 Å². The number of hydrogen-bond acceptors (Lipinski definition) is 5. The molecule has 4 rings (SSSR count). The largest absolute Gasteiger partial charge is 0.467 e. The molecule has 0 saturated heterocycles. The van der Waals surface area contributed by atoms with Crippen LogP contribution in [0.4, 0.5) is 10.8 Å². The summed E-state index contributed by atoms with van der Waals surface area (Å²) < 4.78 is 5.44. The summed E-state index contributed by atoms with van der Waals surface area (Å²) in [7, 11) is 0. The number of nitrogens with zero attached hydrogens (tertiary/aromatic N) is 2. The number of furan rings is 1. The van der Waals surface area contributed by atoms with Gasteiger partial charge < -0.3 is 9.32 Å². The molecule has 0 unspecified atom stereocenters. The number of anilines is 2. The first-order chi connectivity index (χ1) is 15.1. The molecule has 2 amide bonds. The number of nitrogens with one attached hydrogen (secondary N) is 1. The third-order valence-corrected chi connectivity index (χ3v) is 5.49. The van der Waals surface area contributed by atoms with Gasteiger partial charge in [0, 0.05) is 16.6 Å². The fourth-order valence-corrected chi connectivity index (χ4v) is 3.77. The molecule has 0 fully saturated rings. The van der Waals surface area contributed by atoms with Crippen LogP contribution in [-0.2, 0) is 17.8 Å². The SMILES string of the molecule is Cc1ccc(N(Cc2ccco2)C(=O)Cc2csc(NC(=O)c3ccccc3)n2)cc1. The Balaban J connectivity index is 1.47. The third-order valence-electron chi connectivity index (χ3n) is 4.68. The number of carbonyl (C=O) groups is 2. The van der Waals surface area contributed by atoms with Crippen molar-refractivity contribution in [3.8, 4) is 0 Å². The Labute approximate surface area is 184 Å². The monoisotopic (exact) mass is 431 g/mol. The second-order valence-electron chi connectivity index (χ2n) is 7.04. The molecule has 0 radical (unpaired) electrons. The van der Waals surface area contributed by atoms with E-state index in [1.165, 1.54) is 11.3 Å². The summed E-state index contributed by atoms with van der Waals surface area (Å²) in [4.78, 5) is 31.6. The Bertz CT molecular complexity index is 1150. The molecule has 4 aromatic rings. The molecule has 0 aliphatic rings. The zero-order valence-electron chi connectivity index (χ0n) is 16.9. The minimum Gasteiger partial charge on any atom is -0.467 e. The lowest BCUT2D eigenvalue weighted by molar-refractivity contribution is -0.118. The van der Waals surface area contributed by atoms with Crippen molar-refractivity contribution < 1.29 is 14.0 Å². The number of aryl methyl sites for hydroxylation is 1. The molecular formula is C24H21N3O3S. The van der Waals surface area contributed by atoms with Crippen molar-refractivity contribution >= 4 is 34.0 Å².